The number of aryl methyl sites for hydroxylation is 1. The van der Waals surface area contributed by atoms with Gasteiger partial charge in [0.1, 0.15) is 11.1 Å². The Labute approximate surface area is 122 Å². The summed E-state index contributed by atoms with van der Waals surface area (Å²) in [6, 6.07) is -0.353. The first-order valence-corrected chi connectivity index (χ1v) is 7.31. The average molecular weight is 299 g/mol. The predicted molar refractivity (Wildman–Crippen MR) is 78.1 cm³/mol. The van der Waals surface area contributed by atoms with Crippen LogP contribution < -0.4 is 16.2 Å². The van der Waals surface area contributed by atoms with Crippen molar-refractivity contribution in [3.8, 4) is 0 Å². The number of aromatic nitrogens is 2. The van der Waals surface area contributed by atoms with Gasteiger partial charge >= 0.3 is 0 Å². The maximum absolute atomic E-state index is 12.0. The van der Waals surface area contributed by atoms with E-state index in [0.29, 0.717) is 18.8 Å². The first kappa shape index (κ1) is 14.8. The molecule has 1 amide bonds. The molecule has 0 spiro atoms. The van der Waals surface area contributed by atoms with E-state index in [1.807, 2.05) is 6.92 Å². The van der Waals surface area contributed by atoms with Crippen molar-refractivity contribution in [3.63, 3.8) is 0 Å². The summed E-state index contributed by atoms with van der Waals surface area (Å²) in [7, 11) is 0. The zero-order valence-electron chi connectivity index (χ0n) is 11.5. The maximum atomic E-state index is 12.0. The molecule has 1 aromatic heterocycles. The lowest BCUT2D eigenvalue weighted by molar-refractivity contribution is -0.123. The van der Waals surface area contributed by atoms with Crippen LogP contribution in [-0.4, -0.2) is 28.3 Å². The Morgan fingerprint density at radius 1 is 1.55 bits per heavy atom. The Morgan fingerprint density at radius 3 is 3.05 bits per heavy atom. The number of unbranched alkanes of at least 4 members (excludes halogenated alkanes) is 1. The van der Waals surface area contributed by atoms with Crippen LogP contribution in [0.1, 0.15) is 32.6 Å². The average Bonchev–Trinajstić information content (AvgIpc) is 2.45. The molecule has 1 saturated heterocycles. The van der Waals surface area contributed by atoms with Crippen molar-refractivity contribution in [1.29, 1.82) is 0 Å². The fourth-order valence-corrected chi connectivity index (χ4v) is 2.33. The van der Waals surface area contributed by atoms with Crippen molar-refractivity contribution < 1.29 is 4.79 Å². The maximum Gasteiger partial charge on any atom is 0.287 e. The Bertz CT molecular complexity index is 544. The first-order valence-electron chi connectivity index (χ1n) is 6.93. The van der Waals surface area contributed by atoms with Gasteiger partial charge in [-0.1, -0.05) is 24.9 Å². The van der Waals surface area contributed by atoms with E-state index >= 15 is 0 Å². The van der Waals surface area contributed by atoms with Crippen molar-refractivity contribution in [1.82, 2.24) is 15.1 Å². The highest BCUT2D eigenvalue weighted by Crippen LogP contribution is 2.18. The summed E-state index contributed by atoms with van der Waals surface area (Å²) >= 11 is 6.08. The van der Waals surface area contributed by atoms with Crippen LogP contribution in [0.25, 0.3) is 0 Å². The Balaban J connectivity index is 2.14. The molecule has 0 aliphatic carbocycles. The van der Waals surface area contributed by atoms with Gasteiger partial charge in [0.05, 0.1) is 11.9 Å². The van der Waals surface area contributed by atoms with Gasteiger partial charge in [0.25, 0.3) is 5.56 Å². The zero-order chi connectivity index (χ0) is 14.5. The molecule has 2 N–H and O–H groups in total. The minimum absolute atomic E-state index is 0.0671. The van der Waals surface area contributed by atoms with Gasteiger partial charge in [-0.2, -0.15) is 5.10 Å². The number of hydrogen-bond donors (Lipinski definition) is 2. The summed E-state index contributed by atoms with van der Waals surface area (Å²) in [6.45, 7) is 3.30. The normalized spacial score (nSPS) is 18.7. The Morgan fingerprint density at radius 2 is 2.35 bits per heavy atom. The first-order chi connectivity index (χ1) is 9.63. The van der Waals surface area contributed by atoms with Gasteiger partial charge in [-0.25, -0.2) is 4.68 Å². The fourth-order valence-electron chi connectivity index (χ4n) is 2.13. The number of amides is 1. The van der Waals surface area contributed by atoms with Gasteiger partial charge in [0, 0.05) is 13.1 Å². The summed E-state index contributed by atoms with van der Waals surface area (Å²) in [4.78, 5) is 23.7. The minimum Gasteiger partial charge on any atom is -0.371 e. The van der Waals surface area contributed by atoms with Crippen molar-refractivity contribution in [2.45, 2.75) is 45.2 Å². The third kappa shape index (κ3) is 3.30. The number of anilines is 1. The molecular formula is C13H19ClN4O2. The topological polar surface area (TPSA) is 76.0 Å². The fraction of sp³-hybridized carbons (Fsp3) is 0.615. The third-order valence-electron chi connectivity index (χ3n) is 3.32. The van der Waals surface area contributed by atoms with Crippen LogP contribution in [0, 0.1) is 0 Å². The predicted octanol–water partition coefficient (Wildman–Crippen LogP) is 1.39. The van der Waals surface area contributed by atoms with Gasteiger partial charge in [-0.3, -0.25) is 9.59 Å². The lowest BCUT2D eigenvalue weighted by Crippen LogP contribution is -2.44. The molecule has 1 fully saturated rings. The highest BCUT2D eigenvalue weighted by Gasteiger charge is 2.23. The van der Waals surface area contributed by atoms with Crippen molar-refractivity contribution in [2.24, 2.45) is 0 Å². The third-order valence-corrected chi connectivity index (χ3v) is 3.69. The lowest BCUT2D eigenvalue weighted by Gasteiger charge is -2.23. The van der Waals surface area contributed by atoms with E-state index < -0.39 is 0 Å². The van der Waals surface area contributed by atoms with Crippen molar-refractivity contribution >= 4 is 23.2 Å². The number of carbonyl (C=O) groups excluding carboxylic acids is 1. The summed E-state index contributed by atoms with van der Waals surface area (Å²) < 4.78 is 1.36. The second-order valence-electron chi connectivity index (χ2n) is 4.88. The monoisotopic (exact) mass is 298 g/mol. The van der Waals surface area contributed by atoms with E-state index in [9.17, 15) is 9.59 Å². The molecule has 0 radical (unpaired) electrons. The molecule has 7 heteroatoms. The number of halogens is 1. The summed E-state index contributed by atoms with van der Waals surface area (Å²) in [5.74, 6) is -0.0671. The zero-order valence-corrected chi connectivity index (χ0v) is 12.2. The van der Waals surface area contributed by atoms with Crippen molar-refractivity contribution in [2.75, 3.05) is 11.9 Å². The molecule has 20 heavy (non-hydrogen) atoms. The van der Waals surface area contributed by atoms with E-state index in [1.54, 1.807) is 0 Å². The number of carbonyl (C=O) groups is 1. The minimum atomic E-state index is -0.353. The van der Waals surface area contributed by atoms with Crippen LogP contribution in [0.3, 0.4) is 0 Å². The molecule has 0 saturated carbocycles. The van der Waals surface area contributed by atoms with Crippen LogP contribution in [0.5, 0.6) is 0 Å². The largest absolute Gasteiger partial charge is 0.371 e. The van der Waals surface area contributed by atoms with E-state index in [4.69, 9.17) is 11.6 Å². The highest BCUT2D eigenvalue weighted by molar-refractivity contribution is 6.33. The van der Waals surface area contributed by atoms with Crippen LogP contribution >= 0.6 is 11.6 Å². The molecule has 1 aromatic rings. The molecule has 6 nitrogen and oxygen atoms in total. The van der Waals surface area contributed by atoms with E-state index in [-0.39, 0.29) is 22.5 Å². The second kappa shape index (κ2) is 6.74. The highest BCUT2D eigenvalue weighted by atomic mass is 35.5. The van der Waals surface area contributed by atoms with Gasteiger partial charge in [-0.15, -0.1) is 0 Å². The van der Waals surface area contributed by atoms with E-state index in [1.165, 1.54) is 10.9 Å². The number of hydrogen-bond acceptors (Lipinski definition) is 4. The lowest BCUT2D eigenvalue weighted by atomic mass is 10.1. The molecule has 2 rings (SSSR count). The van der Waals surface area contributed by atoms with Crippen LogP contribution in [0.2, 0.25) is 5.02 Å². The molecule has 0 aromatic carbocycles. The molecule has 2 heterocycles. The van der Waals surface area contributed by atoms with Gasteiger partial charge < -0.3 is 10.6 Å². The number of nitrogens with one attached hydrogen (secondary N) is 2. The molecule has 1 atom stereocenters. The number of piperidine rings is 1. The van der Waals surface area contributed by atoms with Gasteiger partial charge in [0.15, 0.2) is 0 Å². The number of nitrogens with zero attached hydrogens (tertiary/aromatic N) is 2. The van der Waals surface area contributed by atoms with Crippen LogP contribution in [0.15, 0.2) is 11.0 Å². The van der Waals surface area contributed by atoms with E-state index in [2.05, 4.69) is 15.7 Å². The van der Waals surface area contributed by atoms with Crippen LogP contribution in [0.4, 0.5) is 5.69 Å². The second-order valence-corrected chi connectivity index (χ2v) is 5.26. The SMILES string of the molecule is CCCCn1ncc(NC2CCCNC2=O)c(Cl)c1=O. The molecular weight excluding hydrogens is 280 g/mol. The Kier molecular flexibility index (Phi) is 5.00. The van der Waals surface area contributed by atoms with Gasteiger partial charge in [-0.05, 0) is 19.3 Å². The van der Waals surface area contributed by atoms with Crippen molar-refractivity contribution in [3.05, 3.63) is 21.6 Å². The molecule has 110 valence electrons. The summed E-state index contributed by atoms with van der Waals surface area (Å²) in [5.41, 5.74) is 0.104. The van der Waals surface area contributed by atoms with Gasteiger partial charge in [0.2, 0.25) is 5.91 Å². The molecule has 1 unspecified atom stereocenters. The standard InChI is InChI=1S/C13H19ClN4O2/c1-2-3-7-18-13(20)11(14)10(8-16-18)17-9-5-4-6-15-12(9)19/h8-9,17H,2-7H2,1H3,(H,15,19). The molecule has 1 aliphatic heterocycles. The quantitative estimate of drug-likeness (QED) is 0.861. The Hall–Kier alpha value is -1.56. The molecule has 0 bridgehead atoms. The summed E-state index contributed by atoms with van der Waals surface area (Å²) in [6.07, 6.45) is 5.00. The summed E-state index contributed by atoms with van der Waals surface area (Å²) in [5, 5.41) is 9.97. The smallest absolute Gasteiger partial charge is 0.287 e. The number of rotatable bonds is 5. The van der Waals surface area contributed by atoms with Crippen LogP contribution in [-0.2, 0) is 11.3 Å². The van der Waals surface area contributed by atoms with E-state index in [0.717, 1.165) is 25.7 Å². The molecule has 1 aliphatic rings.